The van der Waals surface area contributed by atoms with Crippen molar-refractivity contribution in [3.05, 3.63) is 28.8 Å². The van der Waals surface area contributed by atoms with Crippen molar-refractivity contribution in [2.24, 2.45) is 0 Å². The summed E-state index contributed by atoms with van der Waals surface area (Å²) >= 11 is 5.92. The number of benzene rings is 1. The summed E-state index contributed by atoms with van der Waals surface area (Å²) in [6.07, 6.45) is 0. The second-order valence-electron chi connectivity index (χ2n) is 4.48. The van der Waals surface area contributed by atoms with Gasteiger partial charge in [0.05, 0.1) is 12.6 Å². The van der Waals surface area contributed by atoms with Gasteiger partial charge in [0.25, 0.3) is 0 Å². The maximum Gasteiger partial charge on any atom is 0.241 e. The molecule has 0 saturated carbocycles. The lowest BCUT2D eigenvalue weighted by Gasteiger charge is -2.26. The van der Waals surface area contributed by atoms with E-state index in [1.807, 2.05) is 31.7 Å². The standard InChI is InChI=1S/C14H21ClN2O2/c1-4-17(7-8-18)11(3)14(19)16-13-9-12(15)6-5-10(13)2/h5-6,9,11,18H,4,7-8H2,1-3H3,(H,16,19). The quantitative estimate of drug-likeness (QED) is 0.843. The third-order valence-corrected chi connectivity index (χ3v) is 3.41. The van der Waals surface area contributed by atoms with Crippen LogP contribution in [0.3, 0.4) is 0 Å². The molecule has 0 aliphatic heterocycles. The van der Waals surface area contributed by atoms with Crippen LogP contribution in [-0.4, -0.2) is 41.7 Å². The van der Waals surface area contributed by atoms with E-state index >= 15 is 0 Å². The first-order valence-corrected chi connectivity index (χ1v) is 6.79. The Morgan fingerprint density at radius 2 is 2.21 bits per heavy atom. The molecule has 106 valence electrons. The number of hydrogen-bond acceptors (Lipinski definition) is 3. The minimum atomic E-state index is -0.296. The Morgan fingerprint density at radius 3 is 2.79 bits per heavy atom. The Hall–Kier alpha value is -1.10. The minimum Gasteiger partial charge on any atom is -0.395 e. The van der Waals surface area contributed by atoms with Crippen LogP contribution in [0.4, 0.5) is 5.69 Å². The van der Waals surface area contributed by atoms with E-state index in [0.717, 1.165) is 11.3 Å². The van der Waals surface area contributed by atoms with Crippen LogP contribution in [0.15, 0.2) is 18.2 Å². The number of carbonyl (C=O) groups is 1. The molecule has 19 heavy (non-hydrogen) atoms. The lowest BCUT2D eigenvalue weighted by Crippen LogP contribution is -2.43. The van der Waals surface area contributed by atoms with Gasteiger partial charge in [-0.25, -0.2) is 0 Å². The molecule has 0 fully saturated rings. The van der Waals surface area contributed by atoms with Gasteiger partial charge in [0.1, 0.15) is 0 Å². The summed E-state index contributed by atoms with van der Waals surface area (Å²) in [5, 5.41) is 12.4. The number of aliphatic hydroxyl groups is 1. The van der Waals surface area contributed by atoms with Gasteiger partial charge in [-0.15, -0.1) is 0 Å². The summed E-state index contributed by atoms with van der Waals surface area (Å²) in [5.74, 6) is -0.0966. The van der Waals surface area contributed by atoms with Crippen LogP contribution >= 0.6 is 11.6 Å². The van der Waals surface area contributed by atoms with Crippen molar-refractivity contribution in [2.45, 2.75) is 26.8 Å². The van der Waals surface area contributed by atoms with Gasteiger partial charge in [-0.3, -0.25) is 9.69 Å². The average molecular weight is 285 g/mol. The molecule has 0 aliphatic rings. The highest BCUT2D eigenvalue weighted by Gasteiger charge is 2.20. The highest BCUT2D eigenvalue weighted by Crippen LogP contribution is 2.20. The molecule has 1 amide bonds. The highest BCUT2D eigenvalue weighted by atomic mass is 35.5. The van der Waals surface area contributed by atoms with E-state index in [1.165, 1.54) is 0 Å². The summed E-state index contributed by atoms with van der Waals surface area (Å²) in [5.41, 5.74) is 1.69. The number of carbonyl (C=O) groups excluding carboxylic acids is 1. The lowest BCUT2D eigenvalue weighted by atomic mass is 10.2. The summed E-state index contributed by atoms with van der Waals surface area (Å²) in [4.78, 5) is 14.1. The van der Waals surface area contributed by atoms with Crippen LogP contribution in [-0.2, 0) is 4.79 Å². The highest BCUT2D eigenvalue weighted by molar-refractivity contribution is 6.31. The Balaban J connectivity index is 2.75. The Bertz CT molecular complexity index is 437. The van der Waals surface area contributed by atoms with Gasteiger partial charge in [0, 0.05) is 17.3 Å². The predicted octanol–water partition coefficient (Wildman–Crippen LogP) is 2.29. The Kier molecular flexibility index (Phi) is 6.28. The Labute approximate surface area is 119 Å². The Morgan fingerprint density at radius 1 is 1.53 bits per heavy atom. The molecule has 2 N–H and O–H groups in total. The van der Waals surface area contributed by atoms with Crippen molar-refractivity contribution in [3.63, 3.8) is 0 Å². The van der Waals surface area contributed by atoms with Gasteiger partial charge in [-0.1, -0.05) is 24.6 Å². The summed E-state index contributed by atoms with van der Waals surface area (Å²) in [6.45, 7) is 6.95. The first kappa shape index (κ1) is 16.0. The number of hydrogen-bond donors (Lipinski definition) is 2. The van der Waals surface area contributed by atoms with Gasteiger partial charge < -0.3 is 10.4 Å². The number of halogens is 1. The third kappa shape index (κ3) is 4.49. The molecular formula is C14H21ClN2O2. The first-order chi connectivity index (χ1) is 8.99. The number of likely N-dealkylation sites (N-methyl/N-ethyl adjacent to an activating group) is 1. The molecule has 1 rings (SSSR count). The third-order valence-electron chi connectivity index (χ3n) is 3.18. The smallest absolute Gasteiger partial charge is 0.241 e. The number of rotatable bonds is 6. The molecule has 0 aliphatic carbocycles. The van der Waals surface area contributed by atoms with Crippen molar-refractivity contribution in [2.75, 3.05) is 25.0 Å². The van der Waals surface area contributed by atoms with Gasteiger partial charge in [-0.05, 0) is 38.1 Å². The zero-order valence-corrected chi connectivity index (χ0v) is 12.4. The second kappa shape index (κ2) is 7.48. The molecule has 4 nitrogen and oxygen atoms in total. The molecule has 0 radical (unpaired) electrons. The number of anilines is 1. The number of amides is 1. The lowest BCUT2D eigenvalue weighted by molar-refractivity contribution is -0.120. The maximum absolute atomic E-state index is 12.2. The monoisotopic (exact) mass is 284 g/mol. The average Bonchev–Trinajstić information content (AvgIpc) is 2.39. The minimum absolute atomic E-state index is 0.0433. The summed E-state index contributed by atoms with van der Waals surface area (Å²) < 4.78 is 0. The first-order valence-electron chi connectivity index (χ1n) is 6.41. The predicted molar refractivity (Wildman–Crippen MR) is 78.6 cm³/mol. The van der Waals surface area contributed by atoms with E-state index in [9.17, 15) is 4.79 Å². The fourth-order valence-electron chi connectivity index (χ4n) is 1.89. The summed E-state index contributed by atoms with van der Waals surface area (Å²) in [7, 11) is 0. The van der Waals surface area contributed by atoms with E-state index in [0.29, 0.717) is 18.1 Å². The fraction of sp³-hybridized carbons (Fsp3) is 0.500. The van der Waals surface area contributed by atoms with Crippen LogP contribution in [0.1, 0.15) is 19.4 Å². The second-order valence-corrected chi connectivity index (χ2v) is 4.91. The fourth-order valence-corrected chi connectivity index (χ4v) is 2.06. The molecule has 5 heteroatoms. The maximum atomic E-state index is 12.2. The van der Waals surface area contributed by atoms with Crippen molar-refractivity contribution >= 4 is 23.2 Å². The van der Waals surface area contributed by atoms with Gasteiger partial charge >= 0.3 is 0 Å². The SMILES string of the molecule is CCN(CCO)C(C)C(=O)Nc1cc(Cl)ccc1C. The topological polar surface area (TPSA) is 52.6 Å². The molecular weight excluding hydrogens is 264 g/mol. The molecule has 0 bridgehead atoms. The molecule has 1 atom stereocenters. The number of aryl methyl sites for hydroxylation is 1. The van der Waals surface area contributed by atoms with Crippen LogP contribution in [0.5, 0.6) is 0 Å². The van der Waals surface area contributed by atoms with E-state index in [2.05, 4.69) is 5.32 Å². The molecule has 0 heterocycles. The number of aliphatic hydroxyl groups excluding tert-OH is 1. The largest absolute Gasteiger partial charge is 0.395 e. The van der Waals surface area contributed by atoms with Crippen molar-refractivity contribution < 1.29 is 9.90 Å². The van der Waals surface area contributed by atoms with Crippen LogP contribution in [0.25, 0.3) is 0 Å². The van der Waals surface area contributed by atoms with Crippen molar-refractivity contribution in [1.82, 2.24) is 4.90 Å². The number of nitrogens with one attached hydrogen (secondary N) is 1. The van der Waals surface area contributed by atoms with Crippen LogP contribution in [0.2, 0.25) is 5.02 Å². The zero-order valence-electron chi connectivity index (χ0n) is 11.6. The van der Waals surface area contributed by atoms with Crippen LogP contribution < -0.4 is 5.32 Å². The van der Waals surface area contributed by atoms with Crippen molar-refractivity contribution in [1.29, 1.82) is 0 Å². The van der Waals surface area contributed by atoms with E-state index < -0.39 is 0 Å². The zero-order chi connectivity index (χ0) is 14.4. The summed E-state index contributed by atoms with van der Waals surface area (Å²) in [6, 6.07) is 5.10. The van der Waals surface area contributed by atoms with E-state index in [4.69, 9.17) is 16.7 Å². The van der Waals surface area contributed by atoms with E-state index in [1.54, 1.807) is 12.1 Å². The number of nitrogens with zero attached hydrogens (tertiary/aromatic N) is 1. The molecule has 1 aromatic carbocycles. The normalized spacial score (nSPS) is 12.5. The molecule has 0 aromatic heterocycles. The van der Waals surface area contributed by atoms with Crippen LogP contribution in [0, 0.1) is 6.92 Å². The van der Waals surface area contributed by atoms with E-state index in [-0.39, 0.29) is 18.6 Å². The molecule has 1 aromatic rings. The van der Waals surface area contributed by atoms with Gasteiger partial charge in [0.2, 0.25) is 5.91 Å². The molecule has 0 saturated heterocycles. The van der Waals surface area contributed by atoms with Gasteiger partial charge in [-0.2, -0.15) is 0 Å². The van der Waals surface area contributed by atoms with Gasteiger partial charge in [0.15, 0.2) is 0 Å². The molecule has 1 unspecified atom stereocenters. The van der Waals surface area contributed by atoms with Crippen molar-refractivity contribution in [3.8, 4) is 0 Å². The molecule has 0 spiro atoms.